The molecule has 1 saturated heterocycles. The third-order valence-corrected chi connectivity index (χ3v) is 8.01. The van der Waals surface area contributed by atoms with Gasteiger partial charge in [-0.25, -0.2) is 8.42 Å². The average molecular weight is 395 g/mol. The van der Waals surface area contributed by atoms with Crippen LogP contribution in [0.1, 0.15) is 58.8 Å². The Morgan fingerprint density at radius 2 is 1.63 bits per heavy atom. The summed E-state index contributed by atoms with van der Waals surface area (Å²) >= 11 is 0. The van der Waals surface area contributed by atoms with E-state index in [2.05, 4.69) is 10.6 Å². The zero-order valence-corrected chi connectivity index (χ0v) is 17.2. The van der Waals surface area contributed by atoms with E-state index in [0.29, 0.717) is 23.2 Å². The number of benzene rings is 1. The van der Waals surface area contributed by atoms with E-state index < -0.39 is 10.0 Å². The minimum absolute atomic E-state index is 0.0178. The Balaban J connectivity index is 1.61. The monoisotopic (exact) mass is 394 g/mol. The summed E-state index contributed by atoms with van der Waals surface area (Å²) in [6, 6.07) is 7.16. The Labute approximate surface area is 162 Å². The Bertz CT molecular complexity index is 732. The van der Waals surface area contributed by atoms with Crippen molar-refractivity contribution < 1.29 is 18.5 Å². The standard InChI is InChI=1S/C20H31N3O3S/c1-15-6-5-7-16(2)23(15)27(25,26)19-12-10-18(11-13-19)22-20(24)14-21-17-8-3-4-9-17/h10-13,15-17,21H,3-9,14H2,1-2H3,(H,22,24)/p+1/t15-,16-/m1/s1. The van der Waals surface area contributed by atoms with Gasteiger partial charge in [-0.1, -0.05) is 6.42 Å². The van der Waals surface area contributed by atoms with Crippen molar-refractivity contribution in [2.45, 2.75) is 81.8 Å². The highest BCUT2D eigenvalue weighted by Crippen LogP contribution is 2.29. The summed E-state index contributed by atoms with van der Waals surface area (Å²) in [7, 11) is -3.51. The van der Waals surface area contributed by atoms with Crippen LogP contribution in [0.4, 0.5) is 5.69 Å². The van der Waals surface area contributed by atoms with Gasteiger partial charge in [0.25, 0.3) is 5.91 Å². The number of amides is 1. The van der Waals surface area contributed by atoms with Crippen molar-refractivity contribution in [3.63, 3.8) is 0 Å². The average Bonchev–Trinajstić information content (AvgIpc) is 3.14. The number of hydrogen-bond acceptors (Lipinski definition) is 3. The number of anilines is 1. The predicted octanol–water partition coefficient (Wildman–Crippen LogP) is 2.08. The number of hydrogen-bond donors (Lipinski definition) is 2. The number of nitrogens with zero attached hydrogens (tertiary/aromatic N) is 1. The maximum absolute atomic E-state index is 13.0. The molecule has 3 N–H and O–H groups in total. The van der Waals surface area contributed by atoms with Crippen LogP contribution in [0.25, 0.3) is 0 Å². The molecule has 1 aliphatic heterocycles. The van der Waals surface area contributed by atoms with Gasteiger partial charge in [0, 0.05) is 17.8 Å². The number of carbonyl (C=O) groups is 1. The molecule has 1 aromatic carbocycles. The lowest BCUT2D eigenvalue weighted by atomic mass is 10.0. The first kappa shape index (κ1) is 20.3. The summed E-state index contributed by atoms with van der Waals surface area (Å²) in [4.78, 5) is 12.4. The van der Waals surface area contributed by atoms with Gasteiger partial charge in [-0.05, 0) is 76.6 Å². The zero-order valence-electron chi connectivity index (χ0n) is 16.4. The van der Waals surface area contributed by atoms with E-state index in [1.807, 2.05) is 13.8 Å². The molecular weight excluding hydrogens is 362 g/mol. The maximum atomic E-state index is 13.0. The quantitative estimate of drug-likeness (QED) is 0.775. The number of nitrogens with one attached hydrogen (secondary N) is 1. The van der Waals surface area contributed by atoms with Crippen molar-refractivity contribution in [1.29, 1.82) is 0 Å². The van der Waals surface area contributed by atoms with Gasteiger partial charge in [-0.15, -0.1) is 0 Å². The normalized spacial score (nSPS) is 24.8. The molecular formula is C20H32N3O3S+. The van der Waals surface area contributed by atoms with Crippen LogP contribution in [0.15, 0.2) is 29.2 Å². The predicted molar refractivity (Wildman–Crippen MR) is 106 cm³/mol. The minimum atomic E-state index is -3.51. The molecule has 2 aliphatic rings. The fraction of sp³-hybridized carbons (Fsp3) is 0.650. The van der Waals surface area contributed by atoms with Gasteiger partial charge in [0.05, 0.1) is 10.9 Å². The number of piperidine rings is 1. The van der Waals surface area contributed by atoms with E-state index in [9.17, 15) is 13.2 Å². The van der Waals surface area contributed by atoms with Crippen LogP contribution in [0.5, 0.6) is 0 Å². The summed E-state index contributed by atoms with van der Waals surface area (Å²) in [6.45, 7) is 4.36. The Hall–Kier alpha value is -1.44. The number of carbonyl (C=O) groups excluding carboxylic acids is 1. The topological polar surface area (TPSA) is 83.1 Å². The SMILES string of the molecule is C[C@@H]1CCC[C@@H](C)N1S(=O)(=O)c1ccc(NC(=O)C[NH2+]C2CCCC2)cc1. The van der Waals surface area contributed by atoms with Crippen LogP contribution in [-0.4, -0.2) is 43.3 Å². The van der Waals surface area contributed by atoms with Crippen LogP contribution >= 0.6 is 0 Å². The van der Waals surface area contributed by atoms with E-state index in [-0.39, 0.29) is 18.0 Å². The molecule has 27 heavy (non-hydrogen) atoms. The first-order valence-corrected chi connectivity index (χ1v) is 11.6. The van der Waals surface area contributed by atoms with Crippen molar-refractivity contribution >= 4 is 21.6 Å². The van der Waals surface area contributed by atoms with Gasteiger partial charge in [0.15, 0.2) is 6.54 Å². The molecule has 3 rings (SSSR count). The van der Waals surface area contributed by atoms with Gasteiger partial charge in [0.1, 0.15) is 0 Å². The van der Waals surface area contributed by atoms with E-state index in [1.54, 1.807) is 28.6 Å². The molecule has 1 aromatic rings. The first-order valence-electron chi connectivity index (χ1n) is 10.1. The third kappa shape index (κ3) is 4.89. The largest absolute Gasteiger partial charge is 0.336 e. The van der Waals surface area contributed by atoms with Crippen LogP contribution in [0.3, 0.4) is 0 Å². The summed E-state index contributed by atoms with van der Waals surface area (Å²) < 4.78 is 27.7. The molecule has 1 amide bonds. The maximum Gasteiger partial charge on any atom is 0.279 e. The fourth-order valence-electron chi connectivity index (χ4n) is 4.38. The second kappa shape index (κ2) is 8.71. The molecule has 7 heteroatoms. The summed E-state index contributed by atoms with van der Waals surface area (Å²) in [6.07, 6.45) is 7.75. The van der Waals surface area contributed by atoms with E-state index in [4.69, 9.17) is 0 Å². The highest BCUT2D eigenvalue weighted by atomic mass is 32.2. The number of nitrogens with two attached hydrogens (primary N) is 1. The van der Waals surface area contributed by atoms with Crippen LogP contribution < -0.4 is 10.6 Å². The molecule has 150 valence electrons. The Morgan fingerprint density at radius 3 is 2.22 bits per heavy atom. The van der Waals surface area contributed by atoms with Gasteiger partial charge >= 0.3 is 0 Å². The minimum Gasteiger partial charge on any atom is -0.336 e. The molecule has 1 heterocycles. The van der Waals surface area contributed by atoms with E-state index >= 15 is 0 Å². The van der Waals surface area contributed by atoms with Crippen molar-refractivity contribution in [1.82, 2.24) is 4.31 Å². The van der Waals surface area contributed by atoms with Crippen LogP contribution in [0.2, 0.25) is 0 Å². The molecule has 1 aliphatic carbocycles. The van der Waals surface area contributed by atoms with Gasteiger partial charge in [-0.2, -0.15) is 4.31 Å². The number of quaternary nitrogens is 1. The molecule has 0 spiro atoms. The third-order valence-electron chi connectivity index (χ3n) is 5.86. The number of rotatable bonds is 6. The number of sulfonamides is 1. The van der Waals surface area contributed by atoms with Crippen LogP contribution in [-0.2, 0) is 14.8 Å². The lowest BCUT2D eigenvalue weighted by Crippen LogP contribution is -2.91. The summed E-state index contributed by atoms with van der Waals surface area (Å²) in [5, 5.41) is 4.97. The highest BCUT2D eigenvalue weighted by molar-refractivity contribution is 7.89. The second-order valence-corrected chi connectivity index (χ2v) is 9.86. The molecule has 0 radical (unpaired) electrons. The van der Waals surface area contributed by atoms with Crippen molar-refractivity contribution in [3.8, 4) is 0 Å². The van der Waals surface area contributed by atoms with Crippen molar-refractivity contribution in [2.75, 3.05) is 11.9 Å². The molecule has 0 aromatic heterocycles. The summed E-state index contributed by atoms with van der Waals surface area (Å²) in [5.74, 6) is -0.0456. The van der Waals surface area contributed by atoms with Crippen molar-refractivity contribution in [3.05, 3.63) is 24.3 Å². The van der Waals surface area contributed by atoms with Gasteiger partial charge < -0.3 is 10.6 Å². The summed E-state index contributed by atoms with van der Waals surface area (Å²) in [5.41, 5.74) is 0.638. The van der Waals surface area contributed by atoms with Gasteiger partial charge in [0.2, 0.25) is 10.0 Å². The van der Waals surface area contributed by atoms with E-state index in [0.717, 1.165) is 19.3 Å². The molecule has 2 fully saturated rings. The molecule has 0 bridgehead atoms. The zero-order chi connectivity index (χ0) is 19.4. The first-order chi connectivity index (χ1) is 12.9. The molecule has 1 saturated carbocycles. The second-order valence-electron chi connectivity index (χ2n) is 8.02. The smallest absolute Gasteiger partial charge is 0.279 e. The van der Waals surface area contributed by atoms with Gasteiger partial charge in [-0.3, -0.25) is 4.79 Å². The molecule has 2 atom stereocenters. The van der Waals surface area contributed by atoms with Crippen molar-refractivity contribution in [2.24, 2.45) is 0 Å². The van der Waals surface area contributed by atoms with E-state index in [1.165, 1.54) is 25.7 Å². The lowest BCUT2D eigenvalue weighted by molar-refractivity contribution is -0.677. The molecule has 6 nitrogen and oxygen atoms in total. The highest BCUT2D eigenvalue weighted by Gasteiger charge is 2.35. The molecule has 0 unspecified atom stereocenters. The lowest BCUT2D eigenvalue weighted by Gasteiger charge is -2.37. The Kier molecular flexibility index (Phi) is 6.55. The van der Waals surface area contributed by atoms with Crippen LogP contribution in [0, 0.1) is 0 Å². The fourth-order valence-corrected chi connectivity index (χ4v) is 6.26. The Morgan fingerprint density at radius 1 is 1.04 bits per heavy atom.